The Balaban J connectivity index is 1.63. The molecule has 0 unspecified atom stereocenters. The van der Waals surface area contributed by atoms with Gasteiger partial charge in [0.05, 0.1) is 0 Å². The lowest BCUT2D eigenvalue weighted by molar-refractivity contribution is 0.251. The third kappa shape index (κ3) is 2.71. The molecule has 5 nitrogen and oxygen atoms in total. The second-order valence-electron chi connectivity index (χ2n) is 6.10. The van der Waals surface area contributed by atoms with Crippen LogP contribution < -0.4 is 10.6 Å². The summed E-state index contributed by atoms with van der Waals surface area (Å²) in [5.41, 5.74) is 4.06. The normalized spacial score (nSPS) is 15.4. The van der Waals surface area contributed by atoms with E-state index in [9.17, 15) is 4.79 Å². The Hall–Kier alpha value is -2.30. The van der Waals surface area contributed by atoms with Crippen molar-refractivity contribution < 1.29 is 9.32 Å². The predicted molar refractivity (Wildman–Crippen MR) is 85.1 cm³/mol. The first-order valence-electron chi connectivity index (χ1n) is 7.56. The lowest BCUT2D eigenvalue weighted by Crippen LogP contribution is -2.35. The molecule has 0 atom stereocenters. The van der Waals surface area contributed by atoms with Gasteiger partial charge in [-0.2, -0.15) is 0 Å². The van der Waals surface area contributed by atoms with Crippen molar-refractivity contribution in [3.8, 4) is 0 Å². The van der Waals surface area contributed by atoms with Gasteiger partial charge in [-0.1, -0.05) is 29.4 Å². The summed E-state index contributed by atoms with van der Waals surface area (Å²) in [6.45, 7) is 6.36. The Kier molecular flexibility index (Phi) is 3.64. The van der Waals surface area contributed by atoms with E-state index in [2.05, 4.69) is 40.9 Å². The molecule has 0 aliphatic heterocycles. The number of anilines is 1. The molecule has 2 aromatic rings. The fraction of sp³-hybridized carbons (Fsp3) is 0.412. The molecule has 2 N–H and O–H groups in total. The summed E-state index contributed by atoms with van der Waals surface area (Å²) in [6, 6.07) is 8.18. The smallest absolute Gasteiger partial charge is 0.319 e. The van der Waals surface area contributed by atoms with Crippen molar-refractivity contribution in [3.63, 3.8) is 0 Å². The highest BCUT2D eigenvalue weighted by atomic mass is 16.5. The lowest BCUT2D eigenvalue weighted by atomic mass is 9.92. The molecule has 3 rings (SSSR count). The van der Waals surface area contributed by atoms with E-state index in [1.165, 1.54) is 11.1 Å². The average molecular weight is 299 g/mol. The summed E-state index contributed by atoms with van der Waals surface area (Å²) >= 11 is 0. The largest absolute Gasteiger partial charge is 0.359 e. The summed E-state index contributed by atoms with van der Waals surface area (Å²) in [7, 11) is 0. The van der Waals surface area contributed by atoms with Crippen LogP contribution in [0.25, 0.3) is 0 Å². The van der Waals surface area contributed by atoms with Crippen molar-refractivity contribution in [1.82, 2.24) is 10.5 Å². The van der Waals surface area contributed by atoms with Crippen LogP contribution in [0.4, 0.5) is 10.5 Å². The highest BCUT2D eigenvalue weighted by Gasteiger charge is 2.45. The third-order valence-corrected chi connectivity index (χ3v) is 4.43. The van der Waals surface area contributed by atoms with E-state index in [1.807, 2.05) is 13.0 Å². The number of amides is 2. The lowest BCUT2D eigenvalue weighted by Gasteiger charge is -2.19. The van der Waals surface area contributed by atoms with E-state index in [4.69, 9.17) is 4.52 Å². The number of hydrogen-bond acceptors (Lipinski definition) is 3. The van der Waals surface area contributed by atoms with Gasteiger partial charge in [0.2, 0.25) is 0 Å². The topological polar surface area (TPSA) is 67.2 Å². The van der Waals surface area contributed by atoms with E-state index < -0.39 is 0 Å². The average Bonchev–Trinajstić information content (AvgIpc) is 3.23. The summed E-state index contributed by atoms with van der Waals surface area (Å²) < 4.78 is 5.05. The maximum atomic E-state index is 12.1. The number of carbonyl (C=O) groups excluding carboxylic acids is 1. The number of rotatable bonds is 4. The number of aryl methyl sites for hydroxylation is 3. The van der Waals surface area contributed by atoms with Crippen molar-refractivity contribution in [2.45, 2.75) is 39.0 Å². The molecule has 0 radical (unpaired) electrons. The van der Waals surface area contributed by atoms with Crippen molar-refractivity contribution in [2.24, 2.45) is 0 Å². The number of urea groups is 1. The Bertz CT molecular complexity index is 682. The van der Waals surface area contributed by atoms with Crippen LogP contribution in [0.2, 0.25) is 0 Å². The summed E-state index contributed by atoms with van der Waals surface area (Å²) in [6.07, 6.45) is 2.23. The standard InChI is InChI=1S/C17H21N3O2/c1-11-6-4-5-7-14(11)17(8-9-17)10-18-16(21)19-15-12(2)20-22-13(15)3/h4-7H,8-10H2,1-3H3,(H2,18,19,21). The zero-order valence-electron chi connectivity index (χ0n) is 13.2. The highest BCUT2D eigenvalue weighted by Crippen LogP contribution is 2.48. The first-order chi connectivity index (χ1) is 10.5. The Morgan fingerprint density at radius 1 is 1.27 bits per heavy atom. The van der Waals surface area contributed by atoms with Gasteiger partial charge in [-0.05, 0) is 44.7 Å². The van der Waals surface area contributed by atoms with Crippen LogP contribution in [0.1, 0.15) is 35.4 Å². The van der Waals surface area contributed by atoms with Crippen LogP contribution in [0.5, 0.6) is 0 Å². The third-order valence-electron chi connectivity index (χ3n) is 4.43. The van der Waals surface area contributed by atoms with E-state index in [0.717, 1.165) is 12.8 Å². The first-order valence-corrected chi connectivity index (χ1v) is 7.56. The second kappa shape index (κ2) is 5.48. The number of carbonyl (C=O) groups is 1. The Labute approximate surface area is 130 Å². The molecule has 5 heteroatoms. The monoisotopic (exact) mass is 299 g/mol. The van der Waals surface area contributed by atoms with Gasteiger partial charge in [-0.15, -0.1) is 0 Å². The predicted octanol–water partition coefficient (Wildman–Crippen LogP) is 3.45. The van der Waals surface area contributed by atoms with Crippen molar-refractivity contribution in [3.05, 3.63) is 46.8 Å². The van der Waals surface area contributed by atoms with E-state index >= 15 is 0 Å². The maximum absolute atomic E-state index is 12.1. The van der Waals surface area contributed by atoms with Crippen LogP contribution in [0, 0.1) is 20.8 Å². The highest BCUT2D eigenvalue weighted by molar-refractivity contribution is 5.90. The molecule has 2 amide bonds. The van der Waals surface area contributed by atoms with Gasteiger partial charge in [0, 0.05) is 12.0 Å². The fourth-order valence-corrected chi connectivity index (χ4v) is 2.93. The molecule has 0 saturated heterocycles. The van der Waals surface area contributed by atoms with Gasteiger partial charge in [-0.3, -0.25) is 0 Å². The molecule has 1 aliphatic carbocycles. The fourth-order valence-electron chi connectivity index (χ4n) is 2.93. The summed E-state index contributed by atoms with van der Waals surface area (Å²) in [5.74, 6) is 0.618. The van der Waals surface area contributed by atoms with Crippen LogP contribution >= 0.6 is 0 Å². The summed E-state index contributed by atoms with van der Waals surface area (Å²) in [5, 5.41) is 9.64. The Morgan fingerprint density at radius 3 is 2.59 bits per heavy atom. The molecule has 0 spiro atoms. The molecular formula is C17H21N3O2. The number of benzene rings is 1. The van der Waals surface area contributed by atoms with Crippen LogP contribution in [-0.2, 0) is 5.41 Å². The van der Waals surface area contributed by atoms with Crippen LogP contribution in [0.15, 0.2) is 28.8 Å². The molecule has 116 valence electrons. The van der Waals surface area contributed by atoms with Gasteiger partial charge < -0.3 is 15.2 Å². The molecular weight excluding hydrogens is 278 g/mol. The van der Waals surface area contributed by atoms with E-state index in [-0.39, 0.29) is 11.4 Å². The van der Waals surface area contributed by atoms with Crippen LogP contribution in [0.3, 0.4) is 0 Å². The van der Waals surface area contributed by atoms with E-state index in [0.29, 0.717) is 23.7 Å². The zero-order valence-corrected chi connectivity index (χ0v) is 13.2. The van der Waals surface area contributed by atoms with Gasteiger partial charge in [0.25, 0.3) is 0 Å². The van der Waals surface area contributed by atoms with Gasteiger partial charge in [-0.25, -0.2) is 4.79 Å². The molecule has 1 heterocycles. The van der Waals surface area contributed by atoms with Crippen molar-refractivity contribution >= 4 is 11.7 Å². The minimum absolute atomic E-state index is 0.0986. The zero-order chi connectivity index (χ0) is 15.7. The Morgan fingerprint density at radius 2 is 2.00 bits per heavy atom. The second-order valence-corrected chi connectivity index (χ2v) is 6.10. The molecule has 22 heavy (non-hydrogen) atoms. The van der Waals surface area contributed by atoms with Gasteiger partial charge in [0.15, 0.2) is 5.76 Å². The van der Waals surface area contributed by atoms with Crippen LogP contribution in [-0.4, -0.2) is 17.7 Å². The number of aromatic nitrogens is 1. The number of hydrogen-bond donors (Lipinski definition) is 2. The molecule has 1 aromatic heterocycles. The molecule has 1 fully saturated rings. The summed E-state index contributed by atoms with van der Waals surface area (Å²) in [4.78, 5) is 12.1. The molecule has 0 bridgehead atoms. The first kappa shape index (κ1) is 14.6. The quantitative estimate of drug-likeness (QED) is 0.908. The van der Waals surface area contributed by atoms with E-state index in [1.54, 1.807) is 6.92 Å². The van der Waals surface area contributed by atoms with Gasteiger partial charge in [0.1, 0.15) is 11.4 Å². The number of nitrogens with one attached hydrogen (secondary N) is 2. The minimum Gasteiger partial charge on any atom is -0.359 e. The van der Waals surface area contributed by atoms with Gasteiger partial charge >= 0.3 is 6.03 Å². The maximum Gasteiger partial charge on any atom is 0.319 e. The van der Waals surface area contributed by atoms with Crippen molar-refractivity contribution in [1.29, 1.82) is 0 Å². The minimum atomic E-state index is -0.214. The molecule has 1 aliphatic rings. The SMILES string of the molecule is Cc1ccccc1C1(CNC(=O)Nc2c(C)noc2C)CC1. The molecule has 1 aromatic carbocycles. The van der Waals surface area contributed by atoms with Crippen molar-refractivity contribution in [2.75, 3.05) is 11.9 Å². The molecule has 1 saturated carbocycles. The number of nitrogens with zero attached hydrogens (tertiary/aromatic N) is 1.